The van der Waals surface area contributed by atoms with Crippen LogP contribution in [-0.4, -0.2) is 49.2 Å². The molecule has 1 aliphatic carbocycles. The number of methoxy groups -OCH3 is 1. The van der Waals surface area contributed by atoms with Crippen molar-refractivity contribution in [2.24, 2.45) is 0 Å². The number of nitrogens with zero attached hydrogens (tertiary/aromatic N) is 2. The number of nitrogens with one attached hydrogen (secondary N) is 1. The highest BCUT2D eigenvalue weighted by atomic mass is 32.1. The van der Waals surface area contributed by atoms with Crippen LogP contribution in [0.15, 0.2) is 23.6 Å². The smallest absolute Gasteiger partial charge is 0.268 e. The van der Waals surface area contributed by atoms with Gasteiger partial charge in [-0.3, -0.25) is 14.5 Å². The summed E-state index contributed by atoms with van der Waals surface area (Å²) in [5.41, 5.74) is 2.35. The number of carbonyl (C=O) groups excluding carboxylic acids is 2. The van der Waals surface area contributed by atoms with Gasteiger partial charge in [0.05, 0.1) is 23.0 Å². The van der Waals surface area contributed by atoms with E-state index in [2.05, 4.69) is 10.3 Å². The van der Waals surface area contributed by atoms with Gasteiger partial charge in [0.25, 0.3) is 5.91 Å². The lowest BCUT2D eigenvalue weighted by atomic mass is 10.1. The summed E-state index contributed by atoms with van der Waals surface area (Å²) in [7, 11) is 1.67. The van der Waals surface area contributed by atoms with Crippen LogP contribution in [0.3, 0.4) is 0 Å². The van der Waals surface area contributed by atoms with Gasteiger partial charge in [0.15, 0.2) is 6.10 Å². The van der Waals surface area contributed by atoms with Crippen molar-refractivity contribution in [3.05, 3.63) is 28.6 Å². The summed E-state index contributed by atoms with van der Waals surface area (Å²) in [5, 5.41) is 6.06. The number of fused-ring (bicyclic) bond motifs is 1. The Morgan fingerprint density at radius 1 is 1.37 bits per heavy atom. The highest BCUT2D eigenvalue weighted by molar-refractivity contribution is 7.09. The molecule has 2 heterocycles. The fourth-order valence-electron chi connectivity index (χ4n) is 3.96. The normalized spacial score (nSPS) is 18.9. The van der Waals surface area contributed by atoms with Crippen LogP contribution in [0.5, 0.6) is 5.75 Å². The maximum atomic E-state index is 12.8. The van der Waals surface area contributed by atoms with Gasteiger partial charge in [-0.2, -0.15) is 0 Å². The number of thiazole rings is 1. The summed E-state index contributed by atoms with van der Waals surface area (Å²) in [6, 6.07) is 5.89. The summed E-state index contributed by atoms with van der Waals surface area (Å²) in [6.07, 6.45) is 4.45. The molecule has 2 amide bonds. The third-order valence-electron chi connectivity index (χ3n) is 5.56. The molecular weight excluding hydrogens is 402 g/mol. The van der Waals surface area contributed by atoms with E-state index in [0.29, 0.717) is 18.0 Å². The second-order valence-electron chi connectivity index (χ2n) is 7.79. The first-order chi connectivity index (χ1) is 14.5. The minimum atomic E-state index is -0.623. The van der Waals surface area contributed by atoms with Gasteiger partial charge in [-0.15, -0.1) is 11.3 Å². The van der Waals surface area contributed by atoms with Gasteiger partial charge in [0, 0.05) is 30.5 Å². The Morgan fingerprint density at radius 3 is 2.93 bits per heavy atom. The lowest BCUT2D eigenvalue weighted by Crippen LogP contribution is -2.49. The Bertz CT molecular complexity index is 923. The molecular formula is C22H27N3O4S. The van der Waals surface area contributed by atoms with E-state index in [1.54, 1.807) is 25.4 Å². The van der Waals surface area contributed by atoms with Crippen LogP contribution in [0.25, 0.3) is 11.3 Å². The molecule has 0 bridgehead atoms. The molecule has 1 unspecified atom stereocenters. The van der Waals surface area contributed by atoms with Gasteiger partial charge in [0.2, 0.25) is 5.91 Å². The van der Waals surface area contributed by atoms with Crippen LogP contribution in [0.1, 0.15) is 37.6 Å². The quantitative estimate of drug-likeness (QED) is 0.731. The monoisotopic (exact) mass is 429 g/mol. The maximum absolute atomic E-state index is 12.8. The Balaban J connectivity index is 1.56. The minimum Gasteiger partial charge on any atom is -0.479 e. The third kappa shape index (κ3) is 4.49. The zero-order valence-corrected chi connectivity index (χ0v) is 18.2. The predicted octanol–water partition coefficient (Wildman–Crippen LogP) is 3.17. The molecule has 1 aromatic heterocycles. The number of anilines is 1. The van der Waals surface area contributed by atoms with E-state index < -0.39 is 6.10 Å². The van der Waals surface area contributed by atoms with Crippen molar-refractivity contribution >= 4 is 28.8 Å². The van der Waals surface area contributed by atoms with Gasteiger partial charge in [-0.25, -0.2) is 4.98 Å². The summed E-state index contributed by atoms with van der Waals surface area (Å²) < 4.78 is 10.9. The average molecular weight is 430 g/mol. The SMILES string of the molecule is COCCc1nc(-c2ccc3c(c2)N(CC(=O)NC2CCCC2)C(=O)C(C)O3)cs1. The van der Waals surface area contributed by atoms with E-state index >= 15 is 0 Å². The van der Waals surface area contributed by atoms with Gasteiger partial charge in [0.1, 0.15) is 12.3 Å². The Morgan fingerprint density at radius 2 is 2.17 bits per heavy atom. The number of aromatic nitrogens is 1. The number of hydrogen-bond acceptors (Lipinski definition) is 6. The molecule has 2 aliphatic rings. The van der Waals surface area contributed by atoms with Gasteiger partial charge in [-0.05, 0) is 38.0 Å². The summed E-state index contributed by atoms with van der Waals surface area (Å²) >= 11 is 1.58. The van der Waals surface area contributed by atoms with Crippen LogP contribution < -0.4 is 15.0 Å². The van der Waals surface area contributed by atoms with E-state index in [1.165, 1.54) is 4.90 Å². The van der Waals surface area contributed by atoms with E-state index in [-0.39, 0.29) is 24.4 Å². The first-order valence-electron chi connectivity index (χ1n) is 10.4. The van der Waals surface area contributed by atoms with Gasteiger partial charge >= 0.3 is 0 Å². The van der Waals surface area contributed by atoms with E-state index in [0.717, 1.165) is 48.4 Å². The number of ether oxygens (including phenoxy) is 2. The summed E-state index contributed by atoms with van der Waals surface area (Å²) in [4.78, 5) is 31.7. The van der Waals surface area contributed by atoms with Crippen molar-refractivity contribution in [2.75, 3.05) is 25.2 Å². The first kappa shape index (κ1) is 20.8. The molecule has 0 spiro atoms. The molecule has 1 N–H and O–H groups in total. The predicted molar refractivity (Wildman–Crippen MR) is 116 cm³/mol. The number of carbonyl (C=O) groups is 2. The number of rotatable bonds is 7. The zero-order chi connectivity index (χ0) is 21.1. The third-order valence-corrected chi connectivity index (χ3v) is 6.47. The molecule has 0 saturated heterocycles. The standard InChI is InChI=1S/C22H27N3O4S/c1-14-22(27)25(12-20(26)23-16-5-3-4-6-16)18-11-15(7-8-19(18)29-14)17-13-30-21(24-17)9-10-28-2/h7-8,11,13-14,16H,3-6,9-10,12H2,1-2H3,(H,23,26). The van der Waals surface area contributed by atoms with E-state index in [9.17, 15) is 9.59 Å². The average Bonchev–Trinajstić information content (AvgIpc) is 3.41. The molecule has 7 nitrogen and oxygen atoms in total. The lowest BCUT2D eigenvalue weighted by Gasteiger charge is -2.33. The van der Waals surface area contributed by atoms with Gasteiger partial charge < -0.3 is 14.8 Å². The first-order valence-corrected chi connectivity index (χ1v) is 11.3. The second kappa shape index (κ2) is 9.14. The maximum Gasteiger partial charge on any atom is 0.268 e. The molecule has 1 fully saturated rings. The molecule has 1 saturated carbocycles. The number of benzene rings is 1. The summed E-state index contributed by atoms with van der Waals surface area (Å²) in [6.45, 7) is 2.33. The lowest BCUT2D eigenvalue weighted by molar-refractivity contribution is -0.128. The van der Waals surface area contributed by atoms with Crippen molar-refractivity contribution in [1.82, 2.24) is 10.3 Å². The summed E-state index contributed by atoms with van der Waals surface area (Å²) in [5.74, 6) is 0.269. The second-order valence-corrected chi connectivity index (χ2v) is 8.73. The molecule has 30 heavy (non-hydrogen) atoms. The zero-order valence-electron chi connectivity index (χ0n) is 17.3. The molecule has 160 valence electrons. The van der Waals surface area contributed by atoms with Crippen molar-refractivity contribution in [2.45, 2.75) is 51.2 Å². The molecule has 1 atom stereocenters. The van der Waals surface area contributed by atoms with Crippen LogP contribution in [0, 0.1) is 0 Å². The van der Waals surface area contributed by atoms with E-state index in [4.69, 9.17) is 9.47 Å². The van der Waals surface area contributed by atoms with E-state index in [1.807, 2.05) is 23.6 Å². The fourth-order valence-corrected chi connectivity index (χ4v) is 4.75. The number of hydrogen-bond donors (Lipinski definition) is 1. The largest absolute Gasteiger partial charge is 0.479 e. The van der Waals surface area contributed by atoms with Crippen molar-refractivity contribution in [3.63, 3.8) is 0 Å². The van der Waals surface area contributed by atoms with Crippen LogP contribution in [0.2, 0.25) is 0 Å². The Labute approximate surface area is 180 Å². The Hall–Kier alpha value is -2.45. The molecule has 1 aromatic carbocycles. The van der Waals surface area contributed by atoms with Crippen molar-refractivity contribution < 1.29 is 19.1 Å². The molecule has 1 aliphatic heterocycles. The van der Waals surface area contributed by atoms with Crippen LogP contribution >= 0.6 is 11.3 Å². The van der Waals surface area contributed by atoms with Crippen molar-refractivity contribution in [1.29, 1.82) is 0 Å². The minimum absolute atomic E-state index is 0.00432. The molecule has 0 radical (unpaired) electrons. The Kier molecular flexibility index (Phi) is 6.34. The topological polar surface area (TPSA) is 80.8 Å². The van der Waals surface area contributed by atoms with Crippen LogP contribution in [0.4, 0.5) is 5.69 Å². The highest BCUT2D eigenvalue weighted by Crippen LogP contribution is 2.37. The number of amides is 2. The van der Waals surface area contributed by atoms with Crippen molar-refractivity contribution in [3.8, 4) is 17.0 Å². The fraction of sp³-hybridized carbons (Fsp3) is 0.500. The molecule has 4 rings (SSSR count). The van der Waals surface area contributed by atoms with Gasteiger partial charge in [-0.1, -0.05) is 12.8 Å². The molecule has 8 heteroatoms. The van der Waals surface area contributed by atoms with Crippen LogP contribution in [-0.2, 0) is 20.7 Å². The highest BCUT2D eigenvalue weighted by Gasteiger charge is 2.33. The molecule has 2 aromatic rings.